The van der Waals surface area contributed by atoms with E-state index in [2.05, 4.69) is 0 Å². The van der Waals surface area contributed by atoms with Crippen LogP contribution in [0.2, 0.25) is 0 Å². The van der Waals surface area contributed by atoms with Gasteiger partial charge in [-0.15, -0.1) is 0 Å². The van der Waals surface area contributed by atoms with E-state index < -0.39 is 0 Å². The highest BCUT2D eigenvalue weighted by Crippen LogP contribution is 2.36. The summed E-state index contributed by atoms with van der Waals surface area (Å²) in [5.74, 6) is 0. The van der Waals surface area contributed by atoms with E-state index in [4.69, 9.17) is 0 Å². The monoisotopic (exact) mass is 286 g/mol. The van der Waals surface area contributed by atoms with Gasteiger partial charge in [0.2, 0.25) is 0 Å². The van der Waals surface area contributed by atoms with Crippen molar-refractivity contribution >= 4 is 38.6 Å². The first-order valence-electron chi connectivity index (χ1n) is 7.26. The van der Waals surface area contributed by atoms with E-state index in [1.165, 1.54) is 0 Å². The first-order valence-corrected chi connectivity index (χ1v) is 7.26. The first-order chi connectivity index (χ1) is 10.8. The largest absolute Gasteiger partial charge is 0.392 e. The summed E-state index contributed by atoms with van der Waals surface area (Å²) in [6.45, 7) is -0.0514. The number of carbonyl (C=O) groups is 1. The molecule has 0 aliphatic carbocycles. The first kappa shape index (κ1) is 13.0. The van der Waals surface area contributed by atoms with Gasteiger partial charge in [-0.3, -0.25) is 4.79 Å². The van der Waals surface area contributed by atoms with E-state index in [1.54, 1.807) is 0 Å². The van der Waals surface area contributed by atoms with Crippen molar-refractivity contribution in [2.45, 2.75) is 6.61 Å². The summed E-state index contributed by atoms with van der Waals surface area (Å²) in [4.78, 5) is 11.7. The molecule has 0 unspecified atom stereocenters. The van der Waals surface area contributed by atoms with E-state index >= 15 is 0 Å². The quantitative estimate of drug-likeness (QED) is 0.336. The van der Waals surface area contributed by atoms with Gasteiger partial charge in [-0.1, -0.05) is 60.7 Å². The normalized spacial score (nSPS) is 11.3. The van der Waals surface area contributed by atoms with Crippen LogP contribution in [0.3, 0.4) is 0 Å². The van der Waals surface area contributed by atoms with E-state index in [0.717, 1.165) is 44.2 Å². The second-order valence-corrected chi connectivity index (χ2v) is 5.42. The fourth-order valence-corrected chi connectivity index (χ4v) is 3.37. The SMILES string of the molecule is O=Cc1c2ccccc2c(CO)c2c1ccc1ccccc12. The third-order valence-corrected chi connectivity index (χ3v) is 4.34. The summed E-state index contributed by atoms with van der Waals surface area (Å²) in [6.07, 6.45) is 0.917. The minimum Gasteiger partial charge on any atom is -0.392 e. The van der Waals surface area contributed by atoms with Crippen LogP contribution >= 0.6 is 0 Å². The molecule has 4 aromatic carbocycles. The summed E-state index contributed by atoms with van der Waals surface area (Å²) in [5.41, 5.74) is 1.57. The number of rotatable bonds is 2. The number of aliphatic hydroxyl groups excluding tert-OH is 1. The lowest BCUT2D eigenvalue weighted by molar-refractivity contribution is 0.112. The van der Waals surface area contributed by atoms with Gasteiger partial charge in [-0.25, -0.2) is 0 Å². The molecule has 0 atom stereocenters. The van der Waals surface area contributed by atoms with Crippen LogP contribution in [-0.4, -0.2) is 11.4 Å². The molecule has 0 fully saturated rings. The molecular formula is C20H14O2. The molecule has 2 nitrogen and oxygen atoms in total. The summed E-state index contributed by atoms with van der Waals surface area (Å²) in [5, 5.41) is 15.9. The summed E-state index contributed by atoms with van der Waals surface area (Å²) < 4.78 is 0. The predicted octanol–water partition coefficient (Wildman–Crippen LogP) is 4.45. The van der Waals surface area contributed by atoms with Crippen LogP contribution in [0.25, 0.3) is 32.3 Å². The van der Waals surface area contributed by atoms with Crippen molar-refractivity contribution in [2.24, 2.45) is 0 Å². The molecule has 0 saturated heterocycles. The average Bonchev–Trinajstić information content (AvgIpc) is 2.59. The number of aliphatic hydroxyl groups is 1. The molecule has 0 amide bonds. The Labute approximate surface area is 127 Å². The summed E-state index contributed by atoms with van der Waals surface area (Å²) >= 11 is 0. The zero-order chi connectivity index (χ0) is 15.1. The minimum absolute atomic E-state index is 0.0514. The van der Waals surface area contributed by atoms with Crippen LogP contribution in [0, 0.1) is 0 Å². The predicted molar refractivity (Wildman–Crippen MR) is 90.3 cm³/mol. The number of hydrogen-bond donors (Lipinski definition) is 1. The number of fused-ring (bicyclic) bond motifs is 4. The Balaban J connectivity index is 2.39. The maximum Gasteiger partial charge on any atom is 0.151 e. The minimum atomic E-state index is -0.0514. The van der Waals surface area contributed by atoms with Crippen LogP contribution < -0.4 is 0 Å². The standard InChI is InChI=1S/C20H14O2/c21-11-18-15-7-3-4-8-16(15)19(12-22)20-14-6-2-1-5-13(14)9-10-17(18)20/h1-11,22H,12H2. The van der Waals surface area contributed by atoms with Gasteiger partial charge in [0.15, 0.2) is 6.29 Å². The molecule has 0 heterocycles. The van der Waals surface area contributed by atoms with Gasteiger partial charge in [0, 0.05) is 5.56 Å². The number of aldehydes is 1. The molecule has 4 rings (SSSR count). The van der Waals surface area contributed by atoms with Crippen molar-refractivity contribution in [1.29, 1.82) is 0 Å². The highest BCUT2D eigenvalue weighted by molar-refractivity contribution is 6.21. The summed E-state index contributed by atoms with van der Waals surface area (Å²) in [6, 6.07) is 19.8. The fourth-order valence-electron chi connectivity index (χ4n) is 3.37. The van der Waals surface area contributed by atoms with Gasteiger partial charge in [0.1, 0.15) is 0 Å². The van der Waals surface area contributed by atoms with Crippen molar-refractivity contribution in [3.8, 4) is 0 Å². The molecule has 0 radical (unpaired) electrons. The molecule has 4 aromatic rings. The highest BCUT2D eigenvalue weighted by atomic mass is 16.3. The Morgan fingerprint density at radius 1 is 0.773 bits per heavy atom. The van der Waals surface area contributed by atoms with E-state index in [-0.39, 0.29) is 6.61 Å². The Morgan fingerprint density at radius 3 is 2.18 bits per heavy atom. The van der Waals surface area contributed by atoms with Crippen LogP contribution in [0.15, 0.2) is 60.7 Å². The van der Waals surface area contributed by atoms with Crippen molar-refractivity contribution in [2.75, 3.05) is 0 Å². The van der Waals surface area contributed by atoms with Gasteiger partial charge in [-0.05, 0) is 37.9 Å². The third-order valence-electron chi connectivity index (χ3n) is 4.34. The number of benzene rings is 4. The molecule has 22 heavy (non-hydrogen) atoms. The molecule has 0 aromatic heterocycles. The van der Waals surface area contributed by atoms with Crippen molar-refractivity contribution in [1.82, 2.24) is 0 Å². The van der Waals surface area contributed by atoms with Crippen LogP contribution in [0.1, 0.15) is 15.9 Å². The van der Waals surface area contributed by atoms with Crippen molar-refractivity contribution in [3.63, 3.8) is 0 Å². The van der Waals surface area contributed by atoms with Crippen molar-refractivity contribution in [3.05, 3.63) is 71.8 Å². The number of carbonyl (C=O) groups excluding carboxylic acids is 1. The second kappa shape index (κ2) is 4.93. The van der Waals surface area contributed by atoms with Gasteiger partial charge in [-0.2, -0.15) is 0 Å². The Kier molecular flexibility index (Phi) is 2.91. The van der Waals surface area contributed by atoms with E-state index in [1.807, 2.05) is 60.7 Å². The van der Waals surface area contributed by atoms with Crippen molar-refractivity contribution < 1.29 is 9.90 Å². The molecule has 0 spiro atoms. The van der Waals surface area contributed by atoms with E-state index in [0.29, 0.717) is 5.56 Å². The highest BCUT2D eigenvalue weighted by Gasteiger charge is 2.14. The maximum absolute atomic E-state index is 11.7. The average molecular weight is 286 g/mol. The zero-order valence-electron chi connectivity index (χ0n) is 11.9. The lowest BCUT2D eigenvalue weighted by atomic mass is 9.89. The zero-order valence-corrected chi connectivity index (χ0v) is 11.9. The molecule has 0 saturated carbocycles. The Morgan fingerprint density at radius 2 is 1.45 bits per heavy atom. The topological polar surface area (TPSA) is 37.3 Å². The van der Waals surface area contributed by atoms with Gasteiger partial charge >= 0.3 is 0 Å². The molecule has 0 bridgehead atoms. The Bertz CT molecular complexity index is 1030. The Hall–Kier alpha value is -2.71. The van der Waals surface area contributed by atoms with Crippen LogP contribution in [-0.2, 0) is 6.61 Å². The molecule has 106 valence electrons. The van der Waals surface area contributed by atoms with E-state index in [9.17, 15) is 9.90 Å². The maximum atomic E-state index is 11.7. The molecule has 1 N–H and O–H groups in total. The number of hydrogen-bond acceptors (Lipinski definition) is 2. The lowest BCUT2D eigenvalue weighted by Crippen LogP contribution is -1.95. The van der Waals surface area contributed by atoms with Crippen LogP contribution in [0.5, 0.6) is 0 Å². The fraction of sp³-hybridized carbons (Fsp3) is 0.0500. The third kappa shape index (κ3) is 1.68. The van der Waals surface area contributed by atoms with Gasteiger partial charge in [0.25, 0.3) is 0 Å². The van der Waals surface area contributed by atoms with Gasteiger partial charge in [0.05, 0.1) is 6.61 Å². The smallest absolute Gasteiger partial charge is 0.151 e. The van der Waals surface area contributed by atoms with Gasteiger partial charge < -0.3 is 5.11 Å². The lowest BCUT2D eigenvalue weighted by Gasteiger charge is -2.14. The molecular weight excluding hydrogens is 272 g/mol. The summed E-state index contributed by atoms with van der Waals surface area (Å²) in [7, 11) is 0. The second-order valence-electron chi connectivity index (χ2n) is 5.42. The molecule has 2 heteroatoms. The van der Waals surface area contributed by atoms with Crippen LogP contribution in [0.4, 0.5) is 0 Å². The molecule has 0 aliphatic rings. The molecule has 0 aliphatic heterocycles.